The van der Waals surface area contributed by atoms with Crippen LogP contribution < -0.4 is 0 Å². The molecule has 0 amide bonds. The Morgan fingerprint density at radius 1 is 1.36 bits per heavy atom. The second kappa shape index (κ2) is 6.72. The summed E-state index contributed by atoms with van der Waals surface area (Å²) >= 11 is 7.46. The number of halogens is 1. The standard InChI is InChI=1S/C15H11ClN2O3S/c16-12-3-1-2-11(7-12)15-17-13(21-18-15)8-20-14(19)6-10-4-5-22-9-10/h1-5,7,9H,6,8H2. The maximum absolute atomic E-state index is 11.7. The summed E-state index contributed by atoms with van der Waals surface area (Å²) in [6.45, 7) is -0.0451. The van der Waals surface area contributed by atoms with Gasteiger partial charge in [0.25, 0.3) is 5.89 Å². The third kappa shape index (κ3) is 3.72. The molecule has 3 rings (SSSR count). The van der Waals surface area contributed by atoms with Crippen molar-refractivity contribution in [3.8, 4) is 11.4 Å². The maximum Gasteiger partial charge on any atom is 0.310 e. The second-order valence-electron chi connectivity index (χ2n) is 4.49. The Hall–Kier alpha value is -2.18. The Bertz CT molecular complexity index is 771. The predicted molar refractivity (Wildman–Crippen MR) is 82.6 cm³/mol. The highest BCUT2D eigenvalue weighted by Crippen LogP contribution is 2.20. The molecule has 1 aromatic carbocycles. The summed E-state index contributed by atoms with van der Waals surface area (Å²) < 4.78 is 10.2. The molecule has 2 heterocycles. The molecule has 2 aromatic heterocycles. The first-order valence-corrected chi connectivity index (χ1v) is 7.78. The zero-order chi connectivity index (χ0) is 15.4. The van der Waals surface area contributed by atoms with E-state index < -0.39 is 0 Å². The van der Waals surface area contributed by atoms with E-state index in [1.165, 1.54) is 11.3 Å². The van der Waals surface area contributed by atoms with E-state index in [-0.39, 0.29) is 24.9 Å². The molecular weight excluding hydrogens is 324 g/mol. The largest absolute Gasteiger partial charge is 0.455 e. The third-order valence-electron chi connectivity index (χ3n) is 2.84. The molecule has 0 aliphatic heterocycles. The smallest absolute Gasteiger partial charge is 0.310 e. The fraction of sp³-hybridized carbons (Fsp3) is 0.133. The highest BCUT2D eigenvalue weighted by atomic mass is 35.5. The Balaban J connectivity index is 1.59. The number of benzene rings is 1. The van der Waals surface area contributed by atoms with Crippen molar-refractivity contribution in [1.82, 2.24) is 10.1 Å². The van der Waals surface area contributed by atoms with Crippen LogP contribution in [0, 0.1) is 0 Å². The van der Waals surface area contributed by atoms with Crippen LogP contribution in [0.15, 0.2) is 45.6 Å². The van der Waals surface area contributed by atoms with E-state index in [0.717, 1.165) is 11.1 Å². The molecule has 22 heavy (non-hydrogen) atoms. The van der Waals surface area contributed by atoms with Crippen molar-refractivity contribution in [2.45, 2.75) is 13.0 Å². The van der Waals surface area contributed by atoms with Crippen molar-refractivity contribution in [1.29, 1.82) is 0 Å². The SMILES string of the molecule is O=C(Cc1ccsc1)OCc1nc(-c2cccc(Cl)c2)no1. The predicted octanol–water partition coefficient (Wildman–Crippen LogP) is 3.74. The molecule has 0 unspecified atom stereocenters. The molecule has 0 spiro atoms. The summed E-state index contributed by atoms with van der Waals surface area (Å²) in [5, 5.41) is 8.26. The lowest BCUT2D eigenvalue weighted by Gasteiger charge is -1.99. The van der Waals surface area contributed by atoms with Gasteiger partial charge in [-0.3, -0.25) is 4.79 Å². The number of ether oxygens (including phenoxy) is 1. The van der Waals surface area contributed by atoms with E-state index >= 15 is 0 Å². The van der Waals surface area contributed by atoms with Gasteiger partial charge in [-0.15, -0.1) is 0 Å². The lowest BCUT2D eigenvalue weighted by Crippen LogP contribution is -2.07. The van der Waals surface area contributed by atoms with Gasteiger partial charge < -0.3 is 9.26 Å². The molecule has 7 heteroatoms. The number of hydrogen-bond donors (Lipinski definition) is 0. The van der Waals surface area contributed by atoms with Crippen LogP contribution in [0.25, 0.3) is 11.4 Å². The minimum atomic E-state index is -0.332. The first-order chi connectivity index (χ1) is 10.7. The molecule has 0 aliphatic carbocycles. The van der Waals surface area contributed by atoms with Gasteiger partial charge >= 0.3 is 5.97 Å². The topological polar surface area (TPSA) is 65.2 Å². The zero-order valence-electron chi connectivity index (χ0n) is 11.4. The van der Waals surface area contributed by atoms with Crippen LogP contribution in [0.3, 0.4) is 0 Å². The van der Waals surface area contributed by atoms with Crippen molar-refractivity contribution in [3.05, 3.63) is 57.6 Å². The molecule has 0 N–H and O–H groups in total. The first-order valence-electron chi connectivity index (χ1n) is 6.46. The number of hydrogen-bond acceptors (Lipinski definition) is 6. The van der Waals surface area contributed by atoms with Crippen LogP contribution in [-0.2, 0) is 22.6 Å². The van der Waals surface area contributed by atoms with Gasteiger partial charge in [0, 0.05) is 10.6 Å². The normalized spacial score (nSPS) is 10.6. The monoisotopic (exact) mass is 334 g/mol. The summed E-state index contributed by atoms with van der Waals surface area (Å²) in [7, 11) is 0. The Labute approximate surface area is 135 Å². The van der Waals surface area contributed by atoms with Crippen LogP contribution in [0.4, 0.5) is 0 Å². The zero-order valence-corrected chi connectivity index (χ0v) is 12.9. The van der Waals surface area contributed by atoms with Crippen molar-refractivity contribution >= 4 is 28.9 Å². The van der Waals surface area contributed by atoms with Gasteiger partial charge in [-0.1, -0.05) is 28.9 Å². The molecule has 0 aliphatic rings. The molecule has 0 saturated carbocycles. The van der Waals surface area contributed by atoms with E-state index in [4.69, 9.17) is 20.9 Å². The molecule has 0 radical (unpaired) electrons. The van der Waals surface area contributed by atoms with Crippen LogP contribution in [0.1, 0.15) is 11.5 Å². The van der Waals surface area contributed by atoms with Crippen LogP contribution in [0.5, 0.6) is 0 Å². The van der Waals surface area contributed by atoms with Gasteiger partial charge in [0.15, 0.2) is 6.61 Å². The number of esters is 1. The van der Waals surface area contributed by atoms with E-state index in [1.807, 2.05) is 22.9 Å². The first kappa shape index (κ1) is 14.7. The number of aromatic nitrogens is 2. The average Bonchev–Trinajstić information content (AvgIpc) is 3.16. The minimum Gasteiger partial charge on any atom is -0.455 e. The molecule has 5 nitrogen and oxygen atoms in total. The number of carbonyl (C=O) groups excluding carboxylic acids is 1. The van der Waals surface area contributed by atoms with E-state index in [1.54, 1.807) is 18.2 Å². The minimum absolute atomic E-state index is 0.0451. The van der Waals surface area contributed by atoms with E-state index in [0.29, 0.717) is 10.8 Å². The second-order valence-corrected chi connectivity index (χ2v) is 5.71. The molecule has 0 atom stereocenters. The fourth-order valence-corrected chi connectivity index (χ4v) is 2.67. The molecule has 112 valence electrons. The molecule has 3 aromatic rings. The van der Waals surface area contributed by atoms with Crippen LogP contribution >= 0.6 is 22.9 Å². The Morgan fingerprint density at radius 2 is 2.27 bits per heavy atom. The molecular formula is C15H11ClN2O3S. The van der Waals surface area contributed by atoms with Gasteiger partial charge in [-0.25, -0.2) is 0 Å². The number of nitrogens with zero attached hydrogens (tertiary/aromatic N) is 2. The van der Waals surface area contributed by atoms with Crippen LogP contribution in [-0.4, -0.2) is 16.1 Å². The van der Waals surface area contributed by atoms with Crippen molar-refractivity contribution < 1.29 is 14.1 Å². The van der Waals surface area contributed by atoms with Gasteiger partial charge in [-0.05, 0) is 34.5 Å². The van der Waals surface area contributed by atoms with Gasteiger partial charge in [0.2, 0.25) is 5.82 Å². The molecule has 0 bridgehead atoms. The van der Waals surface area contributed by atoms with E-state index in [9.17, 15) is 4.79 Å². The van der Waals surface area contributed by atoms with Crippen molar-refractivity contribution in [3.63, 3.8) is 0 Å². The highest BCUT2D eigenvalue weighted by molar-refractivity contribution is 7.07. The number of carbonyl (C=O) groups is 1. The van der Waals surface area contributed by atoms with E-state index in [2.05, 4.69) is 10.1 Å². The lowest BCUT2D eigenvalue weighted by atomic mass is 10.2. The lowest BCUT2D eigenvalue weighted by molar-refractivity contribution is -0.144. The average molecular weight is 335 g/mol. The van der Waals surface area contributed by atoms with Crippen LogP contribution in [0.2, 0.25) is 5.02 Å². The Kier molecular flexibility index (Phi) is 4.50. The third-order valence-corrected chi connectivity index (χ3v) is 3.80. The summed E-state index contributed by atoms with van der Waals surface area (Å²) in [6, 6.07) is 9.00. The summed E-state index contributed by atoms with van der Waals surface area (Å²) in [5.41, 5.74) is 1.67. The summed E-state index contributed by atoms with van der Waals surface area (Å²) in [5.74, 6) is 0.320. The summed E-state index contributed by atoms with van der Waals surface area (Å²) in [6.07, 6.45) is 0.235. The number of thiophene rings is 1. The van der Waals surface area contributed by atoms with Gasteiger partial charge in [0.05, 0.1) is 6.42 Å². The van der Waals surface area contributed by atoms with Gasteiger partial charge in [0.1, 0.15) is 0 Å². The fourth-order valence-electron chi connectivity index (χ4n) is 1.81. The van der Waals surface area contributed by atoms with Gasteiger partial charge in [-0.2, -0.15) is 16.3 Å². The molecule has 0 fully saturated rings. The quantitative estimate of drug-likeness (QED) is 0.665. The highest BCUT2D eigenvalue weighted by Gasteiger charge is 2.12. The number of rotatable bonds is 5. The summed E-state index contributed by atoms with van der Waals surface area (Å²) in [4.78, 5) is 15.9. The van der Waals surface area contributed by atoms with Crippen molar-refractivity contribution in [2.24, 2.45) is 0 Å². The Morgan fingerprint density at radius 3 is 3.05 bits per heavy atom. The van der Waals surface area contributed by atoms with Crippen molar-refractivity contribution in [2.75, 3.05) is 0 Å². The maximum atomic E-state index is 11.7. The molecule has 0 saturated heterocycles.